The summed E-state index contributed by atoms with van der Waals surface area (Å²) >= 11 is 5.76. The first-order valence-electron chi connectivity index (χ1n) is 6.18. The summed E-state index contributed by atoms with van der Waals surface area (Å²) in [6, 6.07) is 1.61. The largest absolute Gasteiger partial charge is 0.393 e. The molecule has 0 saturated carbocycles. The maximum absolute atomic E-state index is 11.8. The molecule has 108 valence electrons. The fourth-order valence-corrected chi connectivity index (χ4v) is 2.61. The molecule has 0 amide bonds. The van der Waals surface area contributed by atoms with Crippen LogP contribution in [0.1, 0.15) is 19.6 Å². The first-order valence-corrected chi connectivity index (χ1v) is 6.55. The highest BCUT2D eigenvalue weighted by Crippen LogP contribution is 2.37. The molecule has 0 bridgehead atoms. The van der Waals surface area contributed by atoms with Gasteiger partial charge < -0.3 is 19.5 Å². The van der Waals surface area contributed by atoms with Gasteiger partial charge in [-0.2, -0.15) is 0 Å². The van der Waals surface area contributed by atoms with E-state index in [1.54, 1.807) is 23.8 Å². The number of halogens is 1. The zero-order valence-corrected chi connectivity index (χ0v) is 11.5. The normalized spacial score (nSPS) is 30.2. The molecule has 3 N–H and O–H groups in total. The molecule has 1 aliphatic heterocycles. The minimum absolute atomic E-state index is 0.00841. The third-order valence-electron chi connectivity index (χ3n) is 3.71. The predicted molar refractivity (Wildman–Crippen MR) is 71.6 cm³/mol. The van der Waals surface area contributed by atoms with Gasteiger partial charge in [-0.1, -0.05) is 0 Å². The van der Waals surface area contributed by atoms with Gasteiger partial charge in [-0.3, -0.25) is 9.78 Å². The average molecular weight is 300 g/mol. The minimum atomic E-state index is -1.02. The van der Waals surface area contributed by atoms with Gasteiger partial charge >= 0.3 is 0 Å². The van der Waals surface area contributed by atoms with E-state index < -0.39 is 17.9 Å². The number of aliphatic hydroxyl groups excluding tert-OH is 2. The van der Waals surface area contributed by atoms with Gasteiger partial charge in [0.2, 0.25) is 5.28 Å². The summed E-state index contributed by atoms with van der Waals surface area (Å²) in [6.45, 7) is 1.34. The van der Waals surface area contributed by atoms with Crippen LogP contribution in [-0.2, 0) is 4.74 Å². The lowest BCUT2D eigenvalue weighted by Gasteiger charge is -2.25. The molecule has 0 aliphatic carbocycles. The first kappa shape index (κ1) is 13.6. The molecule has 0 radical (unpaired) electrons. The lowest BCUT2D eigenvalue weighted by molar-refractivity contribution is -0.114. The Morgan fingerprint density at radius 3 is 3.10 bits per heavy atom. The van der Waals surface area contributed by atoms with Crippen LogP contribution < -0.4 is 5.56 Å². The summed E-state index contributed by atoms with van der Waals surface area (Å²) in [6.07, 6.45) is 0.647. The fraction of sp³-hybridized carbons (Fsp3) is 0.500. The number of aliphatic hydroxyl groups is 2. The van der Waals surface area contributed by atoms with Gasteiger partial charge in [0.1, 0.15) is 11.8 Å². The van der Waals surface area contributed by atoms with Crippen LogP contribution in [0.15, 0.2) is 17.1 Å². The van der Waals surface area contributed by atoms with Crippen LogP contribution in [0.5, 0.6) is 0 Å². The van der Waals surface area contributed by atoms with Crippen molar-refractivity contribution in [1.82, 2.24) is 14.5 Å². The van der Waals surface area contributed by atoms with Crippen LogP contribution in [0.4, 0.5) is 0 Å². The van der Waals surface area contributed by atoms with E-state index in [4.69, 9.17) is 16.3 Å². The number of fused-ring (bicyclic) bond motifs is 1. The predicted octanol–water partition coefficient (Wildman–Crippen LogP) is 0.409. The number of hydrogen-bond donors (Lipinski definition) is 3. The molecule has 20 heavy (non-hydrogen) atoms. The highest BCUT2D eigenvalue weighted by molar-refractivity contribution is 6.28. The third kappa shape index (κ3) is 1.94. The maximum Gasteiger partial charge on any atom is 0.261 e. The second-order valence-corrected chi connectivity index (χ2v) is 5.47. The Balaban J connectivity index is 2.06. The highest BCUT2D eigenvalue weighted by atomic mass is 35.5. The van der Waals surface area contributed by atoms with Crippen molar-refractivity contribution in [3.05, 3.63) is 27.9 Å². The quantitative estimate of drug-likeness (QED) is 0.697. The van der Waals surface area contributed by atoms with Crippen LogP contribution in [0.25, 0.3) is 11.0 Å². The fourth-order valence-electron chi connectivity index (χ4n) is 2.44. The second-order valence-electron chi connectivity index (χ2n) is 5.11. The zero-order chi connectivity index (χ0) is 14.5. The number of aromatic amines is 1. The molecule has 8 heteroatoms. The van der Waals surface area contributed by atoms with Crippen molar-refractivity contribution < 1.29 is 14.9 Å². The standard InChI is InChI=1S/C12H14ClN3O4/c1-12(5-17)7(18)4-8(20-12)16-3-2-6-9(16)14-11(13)15-10(6)19/h2-3,7-8,17-18H,4-5H2,1H3,(H,14,15,19)/t7-,8+,12+/m0/s1. The van der Waals surface area contributed by atoms with Gasteiger partial charge in [-0.25, -0.2) is 4.98 Å². The van der Waals surface area contributed by atoms with Crippen molar-refractivity contribution in [3.63, 3.8) is 0 Å². The maximum atomic E-state index is 11.8. The van der Waals surface area contributed by atoms with Gasteiger partial charge in [0, 0.05) is 12.6 Å². The van der Waals surface area contributed by atoms with Crippen LogP contribution in [-0.4, -0.2) is 43.1 Å². The summed E-state index contributed by atoms with van der Waals surface area (Å²) in [5.41, 5.74) is -0.966. The Bertz CT molecular complexity index is 712. The molecule has 0 unspecified atom stereocenters. The van der Waals surface area contributed by atoms with Crippen LogP contribution in [0.2, 0.25) is 5.28 Å². The van der Waals surface area contributed by atoms with Gasteiger partial charge in [-0.15, -0.1) is 0 Å². The zero-order valence-electron chi connectivity index (χ0n) is 10.7. The lowest BCUT2D eigenvalue weighted by Crippen LogP contribution is -2.39. The number of aromatic nitrogens is 3. The van der Waals surface area contributed by atoms with E-state index in [0.717, 1.165) is 0 Å². The summed E-state index contributed by atoms with van der Waals surface area (Å²) in [5, 5.41) is 19.7. The molecule has 3 rings (SSSR count). The Hall–Kier alpha value is -1.41. The number of nitrogens with one attached hydrogen (secondary N) is 1. The number of H-pyrrole nitrogens is 1. The van der Waals surface area contributed by atoms with E-state index in [-0.39, 0.29) is 17.4 Å². The monoisotopic (exact) mass is 299 g/mol. The summed E-state index contributed by atoms with van der Waals surface area (Å²) in [7, 11) is 0. The van der Waals surface area contributed by atoms with Gasteiger partial charge in [0.15, 0.2) is 5.65 Å². The van der Waals surface area contributed by atoms with E-state index in [1.165, 1.54) is 0 Å². The van der Waals surface area contributed by atoms with E-state index in [9.17, 15) is 15.0 Å². The molecule has 3 atom stereocenters. The molecule has 2 aromatic rings. The van der Waals surface area contributed by atoms with Crippen molar-refractivity contribution in [1.29, 1.82) is 0 Å². The molecule has 7 nitrogen and oxygen atoms in total. The smallest absolute Gasteiger partial charge is 0.261 e. The van der Waals surface area contributed by atoms with E-state index in [1.807, 2.05) is 0 Å². The number of rotatable bonds is 2. The molecule has 1 saturated heterocycles. The van der Waals surface area contributed by atoms with E-state index in [0.29, 0.717) is 17.5 Å². The third-order valence-corrected chi connectivity index (χ3v) is 3.89. The molecule has 0 aromatic carbocycles. The second kappa shape index (κ2) is 4.56. The van der Waals surface area contributed by atoms with Crippen LogP contribution >= 0.6 is 11.6 Å². The first-order chi connectivity index (χ1) is 9.44. The SMILES string of the molecule is C[C@]1(CO)O[C@@H](n2ccc3c(=O)[nH]c(Cl)nc32)C[C@@H]1O. The number of nitrogens with zero attached hydrogens (tertiary/aromatic N) is 2. The molecule has 1 aliphatic rings. The summed E-state index contributed by atoms with van der Waals surface area (Å²) < 4.78 is 7.35. The molecular formula is C12H14ClN3O4. The van der Waals surface area contributed by atoms with E-state index >= 15 is 0 Å². The Morgan fingerprint density at radius 1 is 1.70 bits per heavy atom. The van der Waals surface area contributed by atoms with Crippen molar-refractivity contribution in [3.8, 4) is 0 Å². The van der Waals surface area contributed by atoms with Crippen molar-refractivity contribution >= 4 is 22.6 Å². The Morgan fingerprint density at radius 2 is 2.45 bits per heavy atom. The van der Waals surface area contributed by atoms with Gasteiger partial charge in [-0.05, 0) is 24.6 Å². The van der Waals surface area contributed by atoms with Crippen molar-refractivity contribution in [2.24, 2.45) is 0 Å². The van der Waals surface area contributed by atoms with Gasteiger partial charge in [0.25, 0.3) is 5.56 Å². The van der Waals surface area contributed by atoms with Gasteiger partial charge in [0.05, 0.1) is 18.1 Å². The minimum Gasteiger partial charge on any atom is -0.393 e. The lowest BCUT2D eigenvalue weighted by atomic mass is 10.0. The molecule has 3 heterocycles. The average Bonchev–Trinajstić information content (AvgIpc) is 2.92. The van der Waals surface area contributed by atoms with Crippen LogP contribution in [0.3, 0.4) is 0 Å². The molecule has 0 spiro atoms. The Labute approximate surface area is 118 Å². The number of ether oxygens (including phenoxy) is 1. The van der Waals surface area contributed by atoms with Crippen molar-refractivity contribution in [2.45, 2.75) is 31.3 Å². The van der Waals surface area contributed by atoms with Crippen molar-refractivity contribution in [2.75, 3.05) is 6.61 Å². The molecule has 1 fully saturated rings. The Kier molecular flexibility index (Phi) is 3.09. The van der Waals surface area contributed by atoms with E-state index in [2.05, 4.69) is 9.97 Å². The summed E-state index contributed by atoms with van der Waals surface area (Å²) in [4.78, 5) is 18.2. The highest BCUT2D eigenvalue weighted by Gasteiger charge is 2.45. The summed E-state index contributed by atoms with van der Waals surface area (Å²) in [5.74, 6) is 0. The topological polar surface area (TPSA) is 100 Å². The van der Waals surface area contributed by atoms with Crippen LogP contribution in [0, 0.1) is 0 Å². The molecular weight excluding hydrogens is 286 g/mol. The molecule has 2 aromatic heterocycles. The number of hydrogen-bond acceptors (Lipinski definition) is 5.